The molecule has 0 aromatic heterocycles. The molecule has 2 rings (SSSR count). The molecule has 0 unspecified atom stereocenters. The van der Waals surface area contributed by atoms with Gasteiger partial charge in [-0.25, -0.2) is 13.2 Å². The summed E-state index contributed by atoms with van der Waals surface area (Å²) in [6, 6.07) is 8.89. The van der Waals surface area contributed by atoms with Gasteiger partial charge in [-0.15, -0.1) is 0 Å². The third kappa shape index (κ3) is 7.21. The van der Waals surface area contributed by atoms with E-state index in [1.54, 1.807) is 6.92 Å². The smallest absolute Gasteiger partial charge is 0.345 e. The van der Waals surface area contributed by atoms with Gasteiger partial charge in [0.2, 0.25) is 9.84 Å². The van der Waals surface area contributed by atoms with Gasteiger partial charge in [0.05, 0.1) is 9.79 Å². The van der Waals surface area contributed by atoms with E-state index in [0.29, 0.717) is 17.5 Å². The van der Waals surface area contributed by atoms with Gasteiger partial charge < -0.3 is 5.32 Å². The number of carbonyl (C=O) groups excluding carboxylic acids is 2. The van der Waals surface area contributed by atoms with Gasteiger partial charge in [0, 0.05) is 12.5 Å². The van der Waals surface area contributed by atoms with Crippen LogP contribution < -0.4 is 10.2 Å². The van der Waals surface area contributed by atoms with Crippen molar-refractivity contribution < 1.29 is 41.0 Å². The number of rotatable bonds is 9. The number of sulfone groups is 1. The Labute approximate surface area is 189 Å². The molecular weight excluding hydrogens is 463 g/mol. The summed E-state index contributed by atoms with van der Waals surface area (Å²) in [6.45, 7) is 4.83. The van der Waals surface area contributed by atoms with Gasteiger partial charge >= 0.3 is 18.1 Å². The van der Waals surface area contributed by atoms with Crippen LogP contribution in [0.4, 0.5) is 13.2 Å². The van der Waals surface area contributed by atoms with Gasteiger partial charge in [0.25, 0.3) is 0 Å². The Morgan fingerprint density at radius 1 is 1.06 bits per heavy atom. The van der Waals surface area contributed by atoms with Crippen molar-refractivity contribution in [2.45, 2.75) is 62.0 Å². The van der Waals surface area contributed by atoms with Crippen LogP contribution >= 0.6 is 0 Å². The zero-order chi connectivity index (χ0) is 24.8. The number of hydrogen-bond donors (Lipinski definition) is 1. The lowest BCUT2D eigenvalue weighted by atomic mass is 10.1. The minimum atomic E-state index is -4.97. The van der Waals surface area contributed by atoms with Crippen molar-refractivity contribution in [2.75, 3.05) is 0 Å². The van der Waals surface area contributed by atoms with Crippen molar-refractivity contribution in [3.8, 4) is 5.75 Å². The molecule has 0 bridgehead atoms. The van der Waals surface area contributed by atoms with Crippen molar-refractivity contribution in [3.05, 3.63) is 53.6 Å². The molecule has 1 amide bonds. The SMILES string of the molecule is CCCC(=O)OOc1ccc(S(=O)(=O)c2ccc(C[C@@H](C)NC(=O)C(F)(F)F)cc2)cc1C. The van der Waals surface area contributed by atoms with Crippen LogP contribution in [0.3, 0.4) is 0 Å². The van der Waals surface area contributed by atoms with Gasteiger partial charge in [-0.2, -0.15) is 13.2 Å². The summed E-state index contributed by atoms with van der Waals surface area (Å²) in [6.07, 6.45) is -4.10. The van der Waals surface area contributed by atoms with Crippen molar-refractivity contribution in [2.24, 2.45) is 0 Å². The summed E-state index contributed by atoms with van der Waals surface area (Å²) in [5.41, 5.74) is 0.990. The first-order valence-corrected chi connectivity index (χ1v) is 11.5. The predicted molar refractivity (Wildman–Crippen MR) is 112 cm³/mol. The topological polar surface area (TPSA) is 98.8 Å². The fourth-order valence-electron chi connectivity index (χ4n) is 2.87. The molecule has 7 nitrogen and oxygen atoms in total. The first-order valence-electron chi connectivity index (χ1n) is 10.0. The summed E-state index contributed by atoms with van der Waals surface area (Å²) < 4.78 is 62.9. The number of carbonyl (C=O) groups is 2. The lowest BCUT2D eigenvalue weighted by molar-refractivity contribution is -0.214. The fourth-order valence-corrected chi connectivity index (χ4v) is 4.22. The maximum atomic E-state index is 12.9. The number of nitrogens with one attached hydrogen (secondary N) is 1. The molecule has 180 valence electrons. The molecule has 2 aromatic carbocycles. The number of benzene rings is 2. The highest BCUT2D eigenvalue weighted by Crippen LogP contribution is 2.27. The molecule has 1 atom stereocenters. The summed E-state index contributed by atoms with van der Waals surface area (Å²) in [5.74, 6) is -2.37. The summed E-state index contributed by atoms with van der Waals surface area (Å²) in [7, 11) is -3.88. The van der Waals surface area contributed by atoms with Crippen molar-refractivity contribution in [3.63, 3.8) is 0 Å². The average molecular weight is 487 g/mol. The van der Waals surface area contributed by atoms with Crippen LogP contribution in [-0.2, 0) is 30.7 Å². The van der Waals surface area contributed by atoms with Crippen LogP contribution in [0.25, 0.3) is 0 Å². The zero-order valence-electron chi connectivity index (χ0n) is 18.2. The van der Waals surface area contributed by atoms with Crippen LogP contribution in [0.2, 0.25) is 0 Å². The summed E-state index contributed by atoms with van der Waals surface area (Å²) in [5, 5.41) is 1.85. The maximum absolute atomic E-state index is 12.9. The normalized spacial score (nSPS) is 12.7. The van der Waals surface area contributed by atoms with Crippen LogP contribution in [-0.4, -0.2) is 32.5 Å². The van der Waals surface area contributed by atoms with Crippen molar-refractivity contribution in [1.29, 1.82) is 0 Å². The number of hydrogen-bond acceptors (Lipinski definition) is 6. The summed E-state index contributed by atoms with van der Waals surface area (Å²) >= 11 is 0. The first-order chi connectivity index (χ1) is 15.3. The van der Waals surface area contributed by atoms with E-state index < -0.39 is 33.9 Å². The van der Waals surface area contributed by atoms with E-state index >= 15 is 0 Å². The van der Waals surface area contributed by atoms with Crippen LogP contribution in [0, 0.1) is 6.92 Å². The fraction of sp³-hybridized carbons (Fsp3) is 0.364. The second kappa shape index (κ2) is 10.7. The highest BCUT2D eigenvalue weighted by molar-refractivity contribution is 7.91. The molecule has 0 aliphatic heterocycles. The van der Waals surface area contributed by atoms with Gasteiger partial charge in [0.15, 0.2) is 5.75 Å². The Morgan fingerprint density at radius 2 is 1.67 bits per heavy atom. The van der Waals surface area contributed by atoms with E-state index in [2.05, 4.69) is 4.89 Å². The van der Waals surface area contributed by atoms with Crippen LogP contribution in [0.5, 0.6) is 5.75 Å². The van der Waals surface area contributed by atoms with Crippen LogP contribution in [0.15, 0.2) is 52.3 Å². The molecule has 0 fully saturated rings. The monoisotopic (exact) mass is 487 g/mol. The Balaban J connectivity index is 2.10. The Hall–Kier alpha value is -3.08. The average Bonchev–Trinajstić information content (AvgIpc) is 2.72. The number of alkyl halides is 3. The quantitative estimate of drug-likeness (QED) is 0.423. The third-order valence-corrected chi connectivity index (χ3v) is 6.31. The van der Waals surface area contributed by atoms with Gasteiger partial charge in [-0.3, -0.25) is 14.6 Å². The lowest BCUT2D eigenvalue weighted by Gasteiger charge is -2.15. The van der Waals surface area contributed by atoms with Crippen LogP contribution in [0.1, 0.15) is 37.8 Å². The molecule has 1 N–H and O–H groups in total. The minimum Gasteiger partial charge on any atom is -0.345 e. The third-order valence-electron chi connectivity index (χ3n) is 4.55. The van der Waals surface area contributed by atoms with E-state index in [4.69, 9.17) is 4.89 Å². The number of amides is 1. The maximum Gasteiger partial charge on any atom is 0.471 e. The first kappa shape index (κ1) is 26.2. The lowest BCUT2D eigenvalue weighted by Crippen LogP contribution is -2.42. The molecule has 11 heteroatoms. The van der Waals surface area contributed by atoms with E-state index in [0.717, 1.165) is 0 Å². The molecule has 0 aliphatic rings. The van der Waals surface area contributed by atoms with E-state index in [1.165, 1.54) is 49.4 Å². The molecule has 0 aliphatic carbocycles. The molecule has 0 saturated carbocycles. The molecule has 0 radical (unpaired) electrons. The standard InChI is InChI=1S/C22H24F3NO6S/c1-4-5-20(27)32-31-19-11-10-18(12-14(19)2)33(29,30)17-8-6-16(7-9-17)13-15(3)26-21(28)22(23,24)25/h6-12,15H,4-5,13H2,1-3H3,(H,26,28)/t15-/m1/s1. The van der Waals surface area contributed by atoms with Crippen molar-refractivity contribution >= 4 is 21.7 Å². The Morgan fingerprint density at radius 3 is 2.21 bits per heavy atom. The number of aryl methyl sites for hydroxylation is 1. The predicted octanol–water partition coefficient (Wildman–Crippen LogP) is 4.07. The largest absolute Gasteiger partial charge is 0.471 e. The van der Waals surface area contributed by atoms with E-state index in [-0.39, 0.29) is 28.4 Å². The van der Waals surface area contributed by atoms with Gasteiger partial charge in [0.1, 0.15) is 0 Å². The molecule has 2 aromatic rings. The number of halogens is 3. The second-order valence-electron chi connectivity index (χ2n) is 7.44. The molecule has 33 heavy (non-hydrogen) atoms. The molecule has 0 saturated heterocycles. The molecule has 0 spiro atoms. The van der Waals surface area contributed by atoms with Gasteiger partial charge in [-0.05, 0) is 68.1 Å². The Bertz CT molecular complexity index is 1100. The highest BCUT2D eigenvalue weighted by Gasteiger charge is 2.39. The Kier molecular flexibility index (Phi) is 8.48. The minimum absolute atomic E-state index is 0.00852. The molecular formula is C22H24F3NO6S. The highest BCUT2D eigenvalue weighted by atomic mass is 32.2. The van der Waals surface area contributed by atoms with E-state index in [1.807, 2.05) is 12.2 Å². The summed E-state index contributed by atoms with van der Waals surface area (Å²) in [4.78, 5) is 32.1. The second-order valence-corrected chi connectivity index (χ2v) is 9.39. The zero-order valence-corrected chi connectivity index (χ0v) is 19.0. The van der Waals surface area contributed by atoms with Crippen molar-refractivity contribution in [1.82, 2.24) is 5.32 Å². The molecule has 0 heterocycles. The van der Waals surface area contributed by atoms with Gasteiger partial charge in [-0.1, -0.05) is 19.1 Å². The van der Waals surface area contributed by atoms with E-state index in [9.17, 15) is 31.2 Å².